The van der Waals surface area contributed by atoms with Crippen LogP contribution in [0.1, 0.15) is 73.2 Å². The van der Waals surface area contributed by atoms with Gasteiger partial charge in [-0.15, -0.1) is 11.3 Å². The summed E-state index contributed by atoms with van der Waals surface area (Å²) in [6.45, 7) is 5.85. The molecule has 8 nitrogen and oxygen atoms in total. The summed E-state index contributed by atoms with van der Waals surface area (Å²) in [6, 6.07) is 5.49. The summed E-state index contributed by atoms with van der Waals surface area (Å²) in [4.78, 5) is 34.2. The van der Waals surface area contributed by atoms with Gasteiger partial charge in [0.15, 0.2) is 0 Å². The highest BCUT2D eigenvalue weighted by Gasteiger charge is 2.42. The molecule has 0 aromatic carbocycles. The van der Waals surface area contributed by atoms with Crippen molar-refractivity contribution in [1.82, 2.24) is 24.7 Å². The van der Waals surface area contributed by atoms with Gasteiger partial charge < -0.3 is 19.5 Å². The molecule has 5 heterocycles. The quantitative estimate of drug-likeness (QED) is 0.609. The largest absolute Gasteiger partial charge is 0.453 e. The number of aromatic nitrogens is 2. The summed E-state index contributed by atoms with van der Waals surface area (Å²) in [5, 5.41) is 3.12. The molecule has 190 valence electrons. The minimum atomic E-state index is -0.281. The van der Waals surface area contributed by atoms with Crippen molar-refractivity contribution in [3.63, 3.8) is 0 Å². The Balaban J connectivity index is 1.26. The fourth-order valence-corrected chi connectivity index (χ4v) is 7.60. The summed E-state index contributed by atoms with van der Waals surface area (Å²) < 4.78 is 8.14. The molecule has 10 heteroatoms. The van der Waals surface area contributed by atoms with Crippen molar-refractivity contribution in [2.45, 2.75) is 83.1 Å². The van der Waals surface area contributed by atoms with Crippen molar-refractivity contribution in [2.24, 2.45) is 0 Å². The monoisotopic (exact) mass is 519 g/mol. The average Bonchev–Trinajstić information content (AvgIpc) is 3.47. The molecule has 2 aromatic rings. The molecule has 2 fully saturated rings. The molecule has 3 aliphatic rings. The SMILES string of the molecule is COC(=O)N1CCc2c(nc(C)n2[C@H]2C[C@H]3CC[C@@H](C2)N3CC[C@H](NC(C)=O)c2ccc(Cl)s2)C1. The van der Waals surface area contributed by atoms with Crippen molar-refractivity contribution < 1.29 is 14.3 Å². The molecule has 0 spiro atoms. The van der Waals surface area contributed by atoms with E-state index in [-0.39, 0.29) is 18.0 Å². The van der Waals surface area contributed by atoms with Gasteiger partial charge in [0.05, 0.1) is 29.7 Å². The number of hydrogen-bond acceptors (Lipinski definition) is 6. The molecule has 2 saturated heterocycles. The van der Waals surface area contributed by atoms with E-state index in [0.29, 0.717) is 31.2 Å². The lowest BCUT2D eigenvalue weighted by atomic mass is 9.95. The number of halogens is 1. The number of methoxy groups -OCH3 is 1. The number of fused-ring (bicyclic) bond motifs is 3. The van der Waals surface area contributed by atoms with Gasteiger partial charge >= 0.3 is 6.09 Å². The van der Waals surface area contributed by atoms with Gasteiger partial charge in [0.1, 0.15) is 5.82 Å². The number of ether oxygens (including phenoxy) is 1. The van der Waals surface area contributed by atoms with Gasteiger partial charge in [-0.1, -0.05) is 11.6 Å². The first-order valence-electron chi connectivity index (χ1n) is 12.5. The molecule has 5 rings (SSSR count). The lowest BCUT2D eigenvalue weighted by molar-refractivity contribution is -0.119. The Kier molecular flexibility index (Phi) is 7.10. The van der Waals surface area contributed by atoms with Gasteiger partial charge in [0.25, 0.3) is 0 Å². The summed E-state index contributed by atoms with van der Waals surface area (Å²) in [5.74, 6) is 1.05. The van der Waals surface area contributed by atoms with Gasteiger partial charge in [-0.2, -0.15) is 0 Å². The second-order valence-electron chi connectivity index (χ2n) is 10.00. The fourth-order valence-electron chi connectivity index (χ4n) is 6.46. The van der Waals surface area contributed by atoms with Crippen LogP contribution in [0.25, 0.3) is 0 Å². The zero-order valence-electron chi connectivity index (χ0n) is 20.6. The average molecular weight is 520 g/mol. The third-order valence-corrected chi connectivity index (χ3v) is 9.22. The highest BCUT2D eigenvalue weighted by molar-refractivity contribution is 7.16. The molecule has 2 bridgehead atoms. The standard InChI is InChI=1S/C25H34ClN5O3S/c1-15-27-21-14-29(25(33)34-3)10-9-22(21)31(15)19-12-17-4-5-18(13-19)30(17)11-8-20(28-16(2)32)23-6-7-24(26)35-23/h6-7,17-20H,4-5,8-14H2,1-3H3,(H,28,32)/t17-,18+,19+,20-/m0/s1. The number of nitrogens with one attached hydrogen (secondary N) is 1. The number of piperidine rings is 1. The topological polar surface area (TPSA) is 79.7 Å². The number of hydrogen-bond donors (Lipinski definition) is 1. The summed E-state index contributed by atoms with van der Waals surface area (Å²) in [6.07, 6.45) is 6.12. The van der Waals surface area contributed by atoms with E-state index in [1.165, 1.54) is 25.6 Å². The molecular formula is C25H34ClN5O3S. The Morgan fingerprint density at radius 3 is 2.63 bits per heavy atom. The highest BCUT2D eigenvalue weighted by Crippen LogP contribution is 2.43. The maximum Gasteiger partial charge on any atom is 0.409 e. The Hall–Kier alpha value is -2.10. The number of thiophene rings is 1. The second-order valence-corrected chi connectivity index (χ2v) is 11.7. The van der Waals surface area contributed by atoms with E-state index in [9.17, 15) is 9.59 Å². The van der Waals surface area contributed by atoms with Crippen molar-refractivity contribution in [3.05, 3.63) is 38.6 Å². The first kappa shape index (κ1) is 24.6. The van der Waals surface area contributed by atoms with E-state index in [1.807, 2.05) is 12.1 Å². The van der Waals surface area contributed by atoms with E-state index in [0.717, 1.165) is 53.0 Å². The number of carbonyl (C=O) groups excluding carboxylic acids is 2. The number of amides is 2. The van der Waals surface area contributed by atoms with Gasteiger partial charge in [-0.05, 0) is 51.2 Å². The molecule has 2 amide bonds. The van der Waals surface area contributed by atoms with Gasteiger partial charge in [-0.25, -0.2) is 9.78 Å². The van der Waals surface area contributed by atoms with E-state index in [2.05, 4.69) is 21.7 Å². The summed E-state index contributed by atoms with van der Waals surface area (Å²) in [5.41, 5.74) is 2.31. The van der Waals surface area contributed by atoms with Crippen molar-refractivity contribution in [2.75, 3.05) is 20.2 Å². The lowest BCUT2D eigenvalue weighted by Crippen LogP contribution is -2.45. The van der Waals surface area contributed by atoms with E-state index < -0.39 is 0 Å². The van der Waals surface area contributed by atoms with Crippen LogP contribution in [0.4, 0.5) is 4.79 Å². The molecule has 35 heavy (non-hydrogen) atoms. The molecule has 1 N–H and O–H groups in total. The van der Waals surface area contributed by atoms with E-state index >= 15 is 0 Å². The molecular weight excluding hydrogens is 486 g/mol. The smallest absolute Gasteiger partial charge is 0.409 e. The minimum absolute atomic E-state index is 0.00259. The molecule has 4 atom stereocenters. The molecule has 3 aliphatic heterocycles. The van der Waals surface area contributed by atoms with Crippen molar-refractivity contribution >= 4 is 34.9 Å². The van der Waals surface area contributed by atoms with Crippen LogP contribution in [-0.2, 0) is 22.5 Å². The summed E-state index contributed by atoms with van der Waals surface area (Å²) in [7, 11) is 1.43. The first-order valence-corrected chi connectivity index (χ1v) is 13.7. The number of nitrogens with zero attached hydrogens (tertiary/aromatic N) is 4. The summed E-state index contributed by atoms with van der Waals surface area (Å²) >= 11 is 7.72. The van der Waals surface area contributed by atoms with Crippen LogP contribution in [0.3, 0.4) is 0 Å². The second kappa shape index (κ2) is 10.1. The number of carbonyl (C=O) groups is 2. The third-order valence-electron chi connectivity index (χ3n) is 7.88. The Morgan fingerprint density at radius 2 is 2.00 bits per heavy atom. The molecule has 0 aliphatic carbocycles. The lowest BCUT2D eigenvalue weighted by Gasteiger charge is -2.41. The van der Waals surface area contributed by atoms with Crippen LogP contribution in [0.15, 0.2) is 12.1 Å². The van der Waals surface area contributed by atoms with Crippen LogP contribution in [-0.4, -0.2) is 63.6 Å². The van der Waals surface area contributed by atoms with Gasteiger partial charge in [0.2, 0.25) is 5.91 Å². The molecule has 0 unspecified atom stereocenters. The van der Waals surface area contributed by atoms with Crippen LogP contribution < -0.4 is 5.32 Å². The normalized spacial score (nSPS) is 24.8. The van der Waals surface area contributed by atoms with Crippen molar-refractivity contribution in [1.29, 1.82) is 0 Å². The maximum absolute atomic E-state index is 12.0. The number of rotatable bonds is 6. The Bertz CT molecular complexity index is 1090. The van der Waals surface area contributed by atoms with Gasteiger partial charge in [-0.3, -0.25) is 9.69 Å². The van der Waals surface area contributed by atoms with E-state index in [4.69, 9.17) is 21.3 Å². The zero-order valence-corrected chi connectivity index (χ0v) is 22.2. The van der Waals surface area contributed by atoms with Crippen LogP contribution in [0.5, 0.6) is 0 Å². The number of imidazole rings is 1. The van der Waals surface area contributed by atoms with Crippen LogP contribution in [0, 0.1) is 6.92 Å². The zero-order chi connectivity index (χ0) is 24.7. The van der Waals surface area contributed by atoms with Crippen LogP contribution >= 0.6 is 22.9 Å². The molecule has 2 aromatic heterocycles. The highest BCUT2D eigenvalue weighted by atomic mass is 35.5. The maximum atomic E-state index is 12.0. The predicted octanol–water partition coefficient (Wildman–Crippen LogP) is 4.47. The number of aryl methyl sites for hydroxylation is 1. The Morgan fingerprint density at radius 1 is 1.26 bits per heavy atom. The van der Waals surface area contributed by atoms with E-state index in [1.54, 1.807) is 23.2 Å². The van der Waals surface area contributed by atoms with Gasteiger partial charge in [0, 0.05) is 55.1 Å². The van der Waals surface area contributed by atoms with Crippen LogP contribution in [0.2, 0.25) is 4.34 Å². The Labute approximate surface area is 215 Å². The third kappa shape index (κ3) is 4.95. The fraction of sp³-hybridized carbons (Fsp3) is 0.640. The minimum Gasteiger partial charge on any atom is -0.453 e. The molecule has 0 saturated carbocycles. The first-order chi connectivity index (χ1) is 16.8. The van der Waals surface area contributed by atoms with Crippen molar-refractivity contribution in [3.8, 4) is 0 Å². The predicted molar refractivity (Wildman–Crippen MR) is 136 cm³/mol. The molecule has 0 radical (unpaired) electrons.